The number of ether oxygens (including phenoxy) is 3. The summed E-state index contributed by atoms with van der Waals surface area (Å²) in [5.74, 6) is 2.72. The number of unbranched alkanes of at least 4 members (excludes halogenated alkanes) is 2. The molecule has 3 aliphatic heterocycles. The lowest BCUT2D eigenvalue weighted by Crippen LogP contribution is -2.31. The third kappa shape index (κ3) is 4.39. The predicted molar refractivity (Wildman–Crippen MR) is 198 cm³/mol. The van der Waals surface area contributed by atoms with E-state index in [4.69, 9.17) is 14.2 Å². The Morgan fingerprint density at radius 1 is 0.600 bits per heavy atom. The van der Waals surface area contributed by atoms with Gasteiger partial charge < -0.3 is 28.6 Å². The molecule has 0 saturated heterocycles. The summed E-state index contributed by atoms with van der Waals surface area (Å²) in [6.07, 6.45) is 4.25. The zero-order chi connectivity index (χ0) is 34.0. The predicted octanol–water partition coefficient (Wildman–Crippen LogP) is 10.7. The number of cyclic esters (lactones) is 1. The van der Waals surface area contributed by atoms with Crippen molar-refractivity contribution in [1.29, 1.82) is 0 Å². The number of aromatic nitrogens is 1. The van der Waals surface area contributed by atoms with Crippen molar-refractivity contribution in [2.45, 2.75) is 45.1 Å². The maximum atomic E-state index is 14.1. The molecular formula is C43H39N3O4. The molecule has 0 amide bonds. The first-order valence-corrected chi connectivity index (χ1v) is 17.7. The van der Waals surface area contributed by atoms with E-state index in [0.717, 1.165) is 112 Å². The van der Waals surface area contributed by atoms with Crippen LogP contribution < -0.4 is 19.3 Å². The highest BCUT2D eigenvalue weighted by molar-refractivity contribution is 6.04. The highest BCUT2D eigenvalue weighted by atomic mass is 16.6. The maximum absolute atomic E-state index is 14.1. The van der Waals surface area contributed by atoms with Crippen LogP contribution in [0, 0.1) is 0 Å². The number of para-hydroxylation sites is 5. The van der Waals surface area contributed by atoms with Gasteiger partial charge in [-0.3, -0.25) is 0 Å². The Labute approximate surface area is 292 Å². The summed E-state index contributed by atoms with van der Waals surface area (Å²) in [6.45, 7) is 6.16. The standard InChI is InChI=1S/C43H39N3O4/c1-4-6-24-45-32-16-10-12-18-36(32)48-38-26-28(20-22-34(38)45)43(40-30-14-8-9-15-31(30)44(3)41(40)42(47)50-43)29-21-23-35-39(27-29)49-37-19-13-11-17-33(37)46(35)25-7-5-2/h8-23,26-27H,4-7,24-25H2,1-3H3. The Hall–Kier alpha value is -5.69. The molecule has 0 saturated carbocycles. The van der Waals surface area contributed by atoms with Crippen molar-refractivity contribution in [3.8, 4) is 23.0 Å². The second-order valence-electron chi connectivity index (χ2n) is 13.4. The highest BCUT2D eigenvalue weighted by Gasteiger charge is 2.53. The lowest BCUT2D eigenvalue weighted by molar-refractivity contribution is 0.0247. The Kier molecular flexibility index (Phi) is 7.12. The van der Waals surface area contributed by atoms with Crippen LogP contribution in [-0.2, 0) is 17.4 Å². The third-order valence-electron chi connectivity index (χ3n) is 10.4. The summed E-state index contributed by atoms with van der Waals surface area (Å²) in [4.78, 5) is 18.8. The molecule has 1 aromatic heterocycles. The molecular weight excluding hydrogens is 622 g/mol. The molecule has 0 aliphatic carbocycles. The van der Waals surface area contributed by atoms with Gasteiger partial charge in [0.15, 0.2) is 28.6 Å². The minimum absolute atomic E-state index is 0.360. The fourth-order valence-corrected chi connectivity index (χ4v) is 8.02. The van der Waals surface area contributed by atoms with Gasteiger partial charge in [0.2, 0.25) is 0 Å². The molecule has 6 aromatic rings. The fraction of sp³-hybridized carbons (Fsp3) is 0.233. The van der Waals surface area contributed by atoms with Crippen molar-refractivity contribution < 1.29 is 19.0 Å². The van der Waals surface area contributed by atoms with E-state index in [1.807, 2.05) is 48.0 Å². The van der Waals surface area contributed by atoms with E-state index >= 15 is 0 Å². The number of aryl methyl sites for hydroxylation is 1. The first-order chi connectivity index (χ1) is 24.5. The van der Waals surface area contributed by atoms with Crippen LogP contribution in [0.15, 0.2) is 109 Å². The van der Waals surface area contributed by atoms with Crippen molar-refractivity contribution in [2.24, 2.45) is 7.05 Å². The Morgan fingerprint density at radius 3 is 1.66 bits per heavy atom. The minimum Gasteiger partial charge on any atom is -0.453 e. The van der Waals surface area contributed by atoms with Crippen molar-refractivity contribution in [1.82, 2.24) is 4.57 Å². The van der Waals surface area contributed by atoms with Gasteiger partial charge in [0.25, 0.3) is 0 Å². The topological polar surface area (TPSA) is 56.2 Å². The molecule has 7 heteroatoms. The van der Waals surface area contributed by atoms with E-state index in [1.165, 1.54) is 0 Å². The molecule has 0 unspecified atom stereocenters. The summed E-state index contributed by atoms with van der Waals surface area (Å²) in [7, 11) is 1.94. The van der Waals surface area contributed by atoms with Gasteiger partial charge in [-0.15, -0.1) is 0 Å². The average Bonchev–Trinajstić information content (AvgIpc) is 3.64. The van der Waals surface area contributed by atoms with Gasteiger partial charge in [0, 0.05) is 47.7 Å². The van der Waals surface area contributed by atoms with Crippen LogP contribution in [0.1, 0.15) is 66.7 Å². The lowest BCUT2D eigenvalue weighted by Gasteiger charge is -2.36. The molecule has 0 radical (unpaired) electrons. The molecule has 0 atom stereocenters. The van der Waals surface area contributed by atoms with Gasteiger partial charge in [-0.25, -0.2) is 4.79 Å². The summed E-state index contributed by atoms with van der Waals surface area (Å²) in [6, 6.07) is 37.1. The number of hydrogen-bond acceptors (Lipinski definition) is 6. The van der Waals surface area contributed by atoms with Gasteiger partial charge in [-0.2, -0.15) is 0 Å². The Morgan fingerprint density at radius 2 is 1.10 bits per heavy atom. The number of nitrogens with zero attached hydrogens (tertiary/aromatic N) is 3. The largest absolute Gasteiger partial charge is 0.453 e. The smallest absolute Gasteiger partial charge is 0.357 e. The normalized spacial score (nSPS) is 15.0. The van der Waals surface area contributed by atoms with Crippen LogP contribution in [0.2, 0.25) is 0 Å². The van der Waals surface area contributed by atoms with Gasteiger partial charge in [-0.1, -0.05) is 81.3 Å². The number of anilines is 4. The number of benzene rings is 5. The molecule has 9 rings (SSSR count). The molecule has 0 fully saturated rings. The van der Waals surface area contributed by atoms with Crippen molar-refractivity contribution in [3.63, 3.8) is 0 Å². The molecule has 7 nitrogen and oxygen atoms in total. The quantitative estimate of drug-likeness (QED) is 0.151. The minimum atomic E-state index is -1.26. The number of hydrogen-bond donors (Lipinski definition) is 0. The summed E-state index contributed by atoms with van der Waals surface area (Å²) >= 11 is 0. The third-order valence-corrected chi connectivity index (χ3v) is 10.4. The molecule has 250 valence electrons. The van der Waals surface area contributed by atoms with E-state index in [0.29, 0.717) is 5.69 Å². The number of fused-ring (bicyclic) bond motifs is 7. The first kappa shape index (κ1) is 30.4. The van der Waals surface area contributed by atoms with Crippen LogP contribution in [0.5, 0.6) is 23.0 Å². The lowest BCUT2D eigenvalue weighted by atomic mass is 9.79. The number of rotatable bonds is 8. The second-order valence-corrected chi connectivity index (χ2v) is 13.4. The van der Waals surface area contributed by atoms with E-state index in [1.54, 1.807) is 0 Å². The maximum Gasteiger partial charge on any atom is 0.357 e. The molecule has 0 bridgehead atoms. The summed E-state index contributed by atoms with van der Waals surface area (Å²) in [5.41, 5.74) is 6.82. The van der Waals surface area contributed by atoms with Crippen molar-refractivity contribution >= 4 is 39.6 Å². The van der Waals surface area contributed by atoms with Crippen molar-refractivity contribution in [3.05, 3.63) is 132 Å². The molecule has 50 heavy (non-hydrogen) atoms. The fourth-order valence-electron chi connectivity index (χ4n) is 8.02. The van der Waals surface area contributed by atoms with Gasteiger partial charge in [0.1, 0.15) is 5.69 Å². The van der Waals surface area contributed by atoms with Gasteiger partial charge >= 0.3 is 5.97 Å². The molecule has 0 N–H and O–H groups in total. The van der Waals surface area contributed by atoms with Gasteiger partial charge in [0.05, 0.1) is 22.7 Å². The molecule has 4 heterocycles. The van der Waals surface area contributed by atoms with E-state index < -0.39 is 5.60 Å². The van der Waals surface area contributed by atoms with Crippen LogP contribution >= 0.6 is 0 Å². The van der Waals surface area contributed by atoms with Crippen LogP contribution in [0.25, 0.3) is 10.9 Å². The zero-order valence-electron chi connectivity index (χ0n) is 28.6. The molecule has 5 aromatic carbocycles. The van der Waals surface area contributed by atoms with Crippen LogP contribution in [0.4, 0.5) is 22.7 Å². The van der Waals surface area contributed by atoms with Crippen LogP contribution in [-0.4, -0.2) is 23.6 Å². The van der Waals surface area contributed by atoms with E-state index in [-0.39, 0.29) is 5.97 Å². The van der Waals surface area contributed by atoms with E-state index in [9.17, 15) is 4.79 Å². The monoisotopic (exact) mass is 661 g/mol. The zero-order valence-corrected chi connectivity index (χ0v) is 28.6. The average molecular weight is 662 g/mol. The number of carbonyl (C=O) groups excluding carboxylic acids is 1. The van der Waals surface area contributed by atoms with Gasteiger partial charge in [-0.05, 0) is 67.4 Å². The Balaban J connectivity index is 1.27. The van der Waals surface area contributed by atoms with E-state index in [2.05, 4.69) is 96.4 Å². The Bertz CT molecular complexity index is 2200. The molecule has 3 aliphatic rings. The van der Waals surface area contributed by atoms with Crippen molar-refractivity contribution in [2.75, 3.05) is 22.9 Å². The number of esters is 1. The van der Waals surface area contributed by atoms with Crippen LogP contribution in [0.3, 0.4) is 0 Å². The summed E-state index contributed by atoms with van der Waals surface area (Å²) < 4.78 is 22.0. The first-order valence-electron chi connectivity index (χ1n) is 17.7. The molecule has 0 spiro atoms. The summed E-state index contributed by atoms with van der Waals surface area (Å²) in [5, 5.41) is 0.970. The SMILES string of the molecule is CCCCN1c2ccccc2Oc2cc(C3(c4ccc5c(c4)Oc4ccccc4N5CCCC)OC(=O)c4c3c3ccccc3n4C)ccc21. The second kappa shape index (κ2) is 11.7. The highest BCUT2D eigenvalue weighted by Crippen LogP contribution is 2.56. The number of carbonyl (C=O) groups is 1.